The van der Waals surface area contributed by atoms with Gasteiger partial charge in [0, 0.05) is 32.4 Å². The van der Waals surface area contributed by atoms with Crippen molar-refractivity contribution in [3.05, 3.63) is 18.0 Å². The molecule has 0 aromatic carbocycles. The monoisotopic (exact) mass is 260 g/mol. The molecular formula is C11H21ClN4O. The van der Waals surface area contributed by atoms with E-state index in [-0.39, 0.29) is 24.4 Å². The predicted octanol–water partition coefficient (Wildman–Crippen LogP) is 0.971. The lowest BCUT2D eigenvalue weighted by Gasteiger charge is -2.22. The zero-order valence-electron chi connectivity index (χ0n) is 10.8. The Morgan fingerprint density at radius 3 is 2.71 bits per heavy atom. The van der Waals surface area contributed by atoms with Crippen LogP contribution in [0, 0.1) is 0 Å². The molecule has 1 rings (SSSR count). The number of hydrogen-bond donors (Lipinski definition) is 1. The first kappa shape index (κ1) is 15.9. The second kappa shape index (κ2) is 7.29. The van der Waals surface area contributed by atoms with Gasteiger partial charge in [-0.1, -0.05) is 6.92 Å². The molecule has 0 spiro atoms. The van der Waals surface area contributed by atoms with Crippen LogP contribution in [0.1, 0.15) is 24.9 Å². The summed E-state index contributed by atoms with van der Waals surface area (Å²) in [5.41, 5.74) is 0.901. The number of aryl methyl sites for hydroxylation is 1. The van der Waals surface area contributed by atoms with Crippen LogP contribution >= 0.6 is 12.4 Å². The average molecular weight is 261 g/mol. The van der Waals surface area contributed by atoms with E-state index in [1.165, 1.54) is 0 Å². The summed E-state index contributed by atoms with van der Waals surface area (Å²) in [5.74, 6) is 0.0809. The minimum Gasteiger partial charge on any atom is -0.344 e. The first-order valence-corrected chi connectivity index (χ1v) is 5.51. The summed E-state index contributed by atoms with van der Waals surface area (Å²) in [6.45, 7) is 2.83. The van der Waals surface area contributed by atoms with Gasteiger partial charge in [-0.05, 0) is 13.5 Å². The van der Waals surface area contributed by atoms with Crippen LogP contribution in [0.2, 0.25) is 0 Å². The van der Waals surface area contributed by atoms with Gasteiger partial charge in [0.05, 0.1) is 6.20 Å². The van der Waals surface area contributed by atoms with Gasteiger partial charge in [-0.25, -0.2) is 0 Å². The number of halogens is 1. The molecule has 1 unspecified atom stereocenters. The van der Waals surface area contributed by atoms with Crippen molar-refractivity contribution in [3.8, 4) is 0 Å². The van der Waals surface area contributed by atoms with Crippen molar-refractivity contribution in [3.63, 3.8) is 0 Å². The smallest absolute Gasteiger partial charge is 0.244 e. The van der Waals surface area contributed by atoms with Gasteiger partial charge < -0.3 is 10.2 Å². The first-order chi connectivity index (χ1) is 7.60. The lowest BCUT2D eigenvalue weighted by Crippen LogP contribution is -2.37. The fourth-order valence-corrected chi connectivity index (χ4v) is 1.69. The Hall–Kier alpha value is -1.07. The molecule has 5 nitrogen and oxygen atoms in total. The van der Waals surface area contributed by atoms with E-state index in [2.05, 4.69) is 17.3 Å². The first-order valence-electron chi connectivity index (χ1n) is 5.51. The number of likely N-dealkylation sites (N-methyl/N-ethyl adjacent to an activating group) is 2. The van der Waals surface area contributed by atoms with Crippen LogP contribution in [0.3, 0.4) is 0 Å². The van der Waals surface area contributed by atoms with E-state index in [0.717, 1.165) is 18.5 Å². The molecule has 0 bridgehead atoms. The second-order valence-corrected chi connectivity index (χ2v) is 3.93. The molecule has 1 heterocycles. The number of hydrogen-bond acceptors (Lipinski definition) is 3. The van der Waals surface area contributed by atoms with E-state index >= 15 is 0 Å². The van der Waals surface area contributed by atoms with E-state index in [4.69, 9.17) is 0 Å². The summed E-state index contributed by atoms with van der Waals surface area (Å²) in [6.07, 6.45) is 4.55. The predicted molar refractivity (Wildman–Crippen MR) is 70.2 cm³/mol. The Bertz CT molecular complexity index is 353. The number of rotatable bonds is 5. The number of nitrogens with zero attached hydrogens (tertiary/aromatic N) is 3. The number of aromatic nitrogens is 2. The number of nitrogens with one attached hydrogen (secondary N) is 1. The van der Waals surface area contributed by atoms with E-state index in [1.807, 2.05) is 20.3 Å². The third kappa shape index (κ3) is 4.02. The van der Waals surface area contributed by atoms with Gasteiger partial charge in [0.2, 0.25) is 5.91 Å². The molecule has 6 heteroatoms. The molecule has 0 aliphatic rings. The Balaban J connectivity index is 0.00000256. The van der Waals surface area contributed by atoms with Crippen molar-refractivity contribution in [2.24, 2.45) is 7.05 Å². The van der Waals surface area contributed by atoms with Crippen molar-refractivity contribution in [1.82, 2.24) is 20.0 Å². The Kier molecular flexibility index (Phi) is 6.83. The molecule has 0 radical (unpaired) electrons. The fourth-order valence-electron chi connectivity index (χ4n) is 1.69. The summed E-state index contributed by atoms with van der Waals surface area (Å²) >= 11 is 0. The largest absolute Gasteiger partial charge is 0.344 e. The molecule has 1 atom stereocenters. The maximum Gasteiger partial charge on any atom is 0.244 e. The lowest BCUT2D eigenvalue weighted by atomic mass is 10.1. The van der Waals surface area contributed by atoms with Crippen molar-refractivity contribution in [1.29, 1.82) is 0 Å². The minimum atomic E-state index is -0.301. The number of amides is 1. The van der Waals surface area contributed by atoms with Crippen molar-refractivity contribution >= 4 is 18.3 Å². The van der Waals surface area contributed by atoms with Crippen molar-refractivity contribution < 1.29 is 4.79 Å². The van der Waals surface area contributed by atoms with Crippen LogP contribution in [-0.2, 0) is 11.8 Å². The van der Waals surface area contributed by atoms with Gasteiger partial charge in [0.15, 0.2) is 0 Å². The van der Waals surface area contributed by atoms with E-state index < -0.39 is 0 Å². The third-order valence-corrected chi connectivity index (χ3v) is 2.53. The van der Waals surface area contributed by atoms with E-state index in [0.29, 0.717) is 0 Å². The molecule has 17 heavy (non-hydrogen) atoms. The highest BCUT2D eigenvalue weighted by atomic mass is 35.5. The van der Waals surface area contributed by atoms with Crippen LogP contribution in [0.5, 0.6) is 0 Å². The van der Waals surface area contributed by atoms with Gasteiger partial charge in [-0.3, -0.25) is 9.48 Å². The molecule has 98 valence electrons. The molecular weight excluding hydrogens is 240 g/mol. The fraction of sp³-hybridized carbons (Fsp3) is 0.636. The molecule has 0 aliphatic heterocycles. The van der Waals surface area contributed by atoms with E-state index in [1.54, 1.807) is 22.8 Å². The topological polar surface area (TPSA) is 50.2 Å². The van der Waals surface area contributed by atoms with Gasteiger partial charge in [0.25, 0.3) is 0 Å². The standard InChI is InChI=1S/C11H20N4O.ClH/c1-5-6-14(3)11(16)10(12-2)9-7-13-15(4)8-9;/h7-8,10,12H,5-6H2,1-4H3;1H. The summed E-state index contributed by atoms with van der Waals surface area (Å²) in [4.78, 5) is 13.8. The maximum absolute atomic E-state index is 12.1. The molecule has 1 amide bonds. The van der Waals surface area contributed by atoms with Gasteiger partial charge >= 0.3 is 0 Å². The van der Waals surface area contributed by atoms with Gasteiger partial charge in [-0.15, -0.1) is 12.4 Å². The van der Waals surface area contributed by atoms with Crippen LogP contribution in [-0.4, -0.2) is 41.2 Å². The van der Waals surface area contributed by atoms with Gasteiger partial charge in [0.1, 0.15) is 6.04 Å². The molecule has 0 saturated carbocycles. The molecule has 0 saturated heterocycles. The molecule has 1 N–H and O–H groups in total. The van der Waals surface area contributed by atoms with Crippen LogP contribution in [0.4, 0.5) is 0 Å². The van der Waals surface area contributed by atoms with Crippen LogP contribution < -0.4 is 5.32 Å². The SMILES string of the molecule is CCCN(C)C(=O)C(NC)c1cnn(C)c1.Cl. The highest BCUT2D eigenvalue weighted by Crippen LogP contribution is 2.13. The van der Waals surface area contributed by atoms with Gasteiger partial charge in [-0.2, -0.15) is 5.10 Å². The average Bonchev–Trinajstić information content (AvgIpc) is 2.66. The Morgan fingerprint density at radius 2 is 2.29 bits per heavy atom. The van der Waals surface area contributed by atoms with Crippen molar-refractivity contribution in [2.75, 3.05) is 20.6 Å². The van der Waals surface area contributed by atoms with Crippen LogP contribution in [0.25, 0.3) is 0 Å². The molecule has 0 aliphatic carbocycles. The minimum absolute atomic E-state index is 0. The second-order valence-electron chi connectivity index (χ2n) is 3.93. The zero-order chi connectivity index (χ0) is 12.1. The summed E-state index contributed by atoms with van der Waals surface area (Å²) in [6, 6.07) is -0.301. The highest BCUT2D eigenvalue weighted by molar-refractivity contribution is 5.85. The molecule has 1 aromatic heterocycles. The maximum atomic E-state index is 12.1. The summed E-state index contributed by atoms with van der Waals surface area (Å²) in [5, 5.41) is 7.11. The molecule has 0 fully saturated rings. The normalized spacial score (nSPS) is 11.8. The zero-order valence-corrected chi connectivity index (χ0v) is 11.6. The third-order valence-electron chi connectivity index (χ3n) is 2.53. The summed E-state index contributed by atoms with van der Waals surface area (Å²) in [7, 11) is 5.46. The lowest BCUT2D eigenvalue weighted by molar-refractivity contribution is -0.132. The molecule has 1 aromatic rings. The van der Waals surface area contributed by atoms with Crippen molar-refractivity contribution in [2.45, 2.75) is 19.4 Å². The number of carbonyl (C=O) groups excluding carboxylic acids is 1. The van der Waals surface area contributed by atoms with E-state index in [9.17, 15) is 4.79 Å². The van der Waals surface area contributed by atoms with Crippen LogP contribution in [0.15, 0.2) is 12.4 Å². The quantitative estimate of drug-likeness (QED) is 0.858. The Labute approximate surface area is 109 Å². The number of carbonyl (C=O) groups is 1. The highest BCUT2D eigenvalue weighted by Gasteiger charge is 2.22. The summed E-state index contributed by atoms with van der Waals surface area (Å²) < 4.78 is 1.70. The Morgan fingerprint density at radius 1 is 1.65 bits per heavy atom.